The van der Waals surface area contributed by atoms with Gasteiger partial charge >= 0.3 is 0 Å². The average molecular weight is 257 g/mol. The fourth-order valence-electron chi connectivity index (χ4n) is 1.36. The van der Waals surface area contributed by atoms with Crippen LogP contribution in [0.1, 0.15) is 12.5 Å². The van der Waals surface area contributed by atoms with Gasteiger partial charge in [0.25, 0.3) is 0 Å². The monoisotopic (exact) mass is 257 g/mol. The predicted octanol–water partition coefficient (Wildman–Crippen LogP) is 1.66. The van der Waals surface area contributed by atoms with Crippen LogP contribution >= 0.6 is 0 Å². The molecule has 4 nitrogen and oxygen atoms in total. The fraction of sp³-hybridized carbons (Fsp3) is 0.500. The highest BCUT2D eigenvalue weighted by Gasteiger charge is 2.14. The molecule has 1 aromatic carbocycles. The Labute approximate surface area is 103 Å². The van der Waals surface area contributed by atoms with Crippen LogP contribution in [0, 0.1) is 6.92 Å². The van der Waals surface area contributed by atoms with Gasteiger partial charge in [0, 0.05) is 13.6 Å². The lowest BCUT2D eigenvalue weighted by molar-refractivity contribution is 0.285. The molecule has 1 rings (SSSR count). The van der Waals surface area contributed by atoms with E-state index in [1.54, 1.807) is 14.0 Å². The molecule has 0 radical (unpaired) electrons. The molecule has 96 valence electrons. The second-order valence-electron chi connectivity index (χ2n) is 3.84. The first-order chi connectivity index (χ1) is 7.97. The average Bonchev–Trinajstić information content (AvgIpc) is 2.31. The van der Waals surface area contributed by atoms with Crippen molar-refractivity contribution < 1.29 is 13.2 Å². The van der Waals surface area contributed by atoms with Gasteiger partial charge in [-0.15, -0.1) is 0 Å². The molecule has 1 aromatic rings. The van der Waals surface area contributed by atoms with E-state index in [1.807, 2.05) is 31.2 Å². The van der Waals surface area contributed by atoms with Crippen molar-refractivity contribution in [1.82, 2.24) is 4.31 Å². The Bertz CT molecular complexity index is 457. The third kappa shape index (κ3) is 4.02. The van der Waals surface area contributed by atoms with Gasteiger partial charge in [-0.3, -0.25) is 0 Å². The zero-order valence-electron chi connectivity index (χ0n) is 10.5. The first-order valence-electron chi connectivity index (χ1n) is 5.60. The second kappa shape index (κ2) is 6.02. The molecule has 0 saturated heterocycles. The molecule has 0 amide bonds. The van der Waals surface area contributed by atoms with Gasteiger partial charge in [0.05, 0.1) is 5.75 Å². The lowest BCUT2D eigenvalue weighted by atomic mass is 10.2. The summed E-state index contributed by atoms with van der Waals surface area (Å²) < 4.78 is 29.8. The standard InChI is InChI=1S/C12H19NO3S/c1-4-17(14,15)13(3)9-10-16-12-8-6-5-7-11(12)2/h5-8H,4,9-10H2,1-3H3. The SMILES string of the molecule is CCS(=O)(=O)N(C)CCOc1ccccc1C. The maximum Gasteiger partial charge on any atom is 0.213 e. The summed E-state index contributed by atoms with van der Waals surface area (Å²) in [6.07, 6.45) is 0. The minimum Gasteiger partial charge on any atom is -0.492 e. The smallest absolute Gasteiger partial charge is 0.213 e. The molecule has 5 heteroatoms. The molecule has 0 N–H and O–H groups in total. The third-order valence-corrected chi connectivity index (χ3v) is 4.46. The van der Waals surface area contributed by atoms with Crippen molar-refractivity contribution in [3.8, 4) is 5.75 Å². The first kappa shape index (κ1) is 14.0. The van der Waals surface area contributed by atoms with E-state index in [-0.39, 0.29) is 5.75 Å². The predicted molar refractivity (Wildman–Crippen MR) is 68.8 cm³/mol. The van der Waals surface area contributed by atoms with E-state index < -0.39 is 10.0 Å². The summed E-state index contributed by atoms with van der Waals surface area (Å²) in [5, 5.41) is 0. The highest BCUT2D eigenvalue weighted by atomic mass is 32.2. The second-order valence-corrected chi connectivity index (χ2v) is 6.20. The fourth-order valence-corrected chi connectivity index (χ4v) is 2.16. The van der Waals surface area contributed by atoms with E-state index in [1.165, 1.54) is 4.31 Å². The maximum atomic E-state index is 11.5. The highest BCUT2D eigenvalue weighted by molar-refractivity contribution is 7.89. The van der Waals surface area contributed by atoms with Crippen molar-refractivity contribution >= 4 is 10.0 Å². The summed E-state index contributed by atoms with van der Waals surface area (Å²) in [5.41, 5.74) is 1.05. The molecule has 0 fully saturated rings. The van der Waals surface area contributed by atoms with E-state index in [4.69, 9.17) is 4.74 Å². The Morgan fingerprint density at radius 3 is 2.53 bits per heavy atom. The Balaban J connectivity index is 2.47. The van der Waals surface area contributed by atoms with Crippen LogP contribution in [0.4, 0.5) is 0 Å². The molecule has 0 saturated carbocycles. The Hall–Kier alpha value is -1.07. The van der Waals surface area contributed by atoms with E-state index in [0.29, 0.717) is 13.2 Å². The van der Waals surface area contributed by atoms with Crippen LogP contribution in [0.3, 0.4) is 0 Å². The summed E-state index contributed by atoms with van der Waals surface area (Å²) in [6.45, 7) is 4.32. The van der Waals surface area contributed by atoms with Gasteiger partial charge in [-0.25, -0.2) is 12.7 Å². The van der Waals surface area contributed by atoms with Crippen molar-refractivity contribution in [1.29, 1.82) is 0 Å². The number of sulfonamides is 1. The summed E-state index contributed by atoms with van der Waals surface area (Å²) in [7, 11) is -1.54. The van der Waals surface area contributed by atoms with Gasteiger partial charge in [-0.05, 0) is 25.5 Å². The van der Waals surface area contributed by atoms with E-state index >= 15 is 0 Å². The Morgan fingerprint density at radius 2 is 1.94 bits per heavy atom. The number of para-hydroxylation sites is 1. The number of nitrogens with zero attached hydrogens (tertiary/aromatic N) is 1. The molecule has 0 aromatic heterocycles. The quantitative estimate of drug-likeness (QED) is 0.778. The number of rotatable bonds is 6. The molecular formula is C12H19NO3S. The highest BCUT2D eigenvalue weighted by Crippen LogP contribution is 2.15. The van der Waals surface area contributed by atoms with Crippen LogP contribution in [0.15, 0.2) is 24.3 Å². The van der Waals surface area contributed by atoms with Crippen LogP contribution in [0.5, 0.6) is 5.75 Å². The maximum absolute atomic E-state index is 11.5. The number of hydrogen-bond donors (Lipinski definition) is 0. The summed E-state index contributed by atoms with van der Waals surface area (Å²) in [6, 6.07) is 7.68. The van der Waals surface area contributed by atoms with Crippen molar-refractivity contribution in [2.24, 2.45) is 0 Å². The third-order valence-electron chi connectivity index (χ3n) is 2.60. The number of aryl methyl sites for hydroxylation is 1. The van der Waals surface area contributed by atoms with Crippen molar-refractivity contribution in [3.63, 3.8) is 0 Å². The minimum atomic E-state index is -3.11. The zero-order valence-corrected chi connectivity index (χ0v) is 11.3. The Kier molecular flexibility index (Phi) is 4.96. The molecule has 0 bridgehead atoms. The van der Waals surface area contributed by atoms with Gasteiger partial charge in [-0.1, -0.05) is 18.2 Å². The van der Waals surface area contributed by atoms with Crippen molar-refractivity contribution in [2.75, 3.05) is 26.0 Å². The van der Waals surface area contributed by atoms with Crippen LogP contribution in [-0.2, 0) is 10.0 Å². The molecule has 0 aliphatic carbocycles. The van der Waals surface area contributed by atoms with E-state index in [0.717, 1.165) is 11.3 Å². The lowest BCUT2D eigenvalue weighted by Crippen LogP contribution is -2.32. The first-order valence-corrected chi connectivity index (χ1v) is 7.20. The molecule has 0 spiro atoms. The molecule has 0 aliphatic heterocycles. The molecule has 0 aliphatic rings. The van der Waals surface area contributed by atoms with Gasteiger partial charge in [0.2, 0.25) is 10.0 Å². The molecule has 0 unspecified atom stereocenters. The van der Waals surface area contributed by atoms with Gasteiger partial charge in [-0.2, -0.15) is 0 Å². The molecule has 0 atom stereocenters. The number of ether oxygens (including phenoxy) is 1. The number of likely N-dealkylation sites (N-methyl/N-ethyl adjacent to an activating group) is 1. The van der Waals surface area contributed by atoms with Crippen LogP contribution < -0.4 is 4.74 Å². The summed E-state index contributed by atoms with van der Waals surface area (Å²) >= 11 is 0. The van der Waals surface area contributed by atoms with Crippen LogP contribution in [-0.4, -0.2) is 38.7 Å². The molecular weight excluding hydrogens is 238 g/mol. The normalized spacial score (nSPS) is 11.8. The lowest BCUT2D eigenvalue weighted by Gasteiger charge is -2.16. The van der Waals surface area contributed by atoms with Crippen LogP contribution in [0.25, 0.3) is 0 Å². The van der Waals surface area contributed by atoms with Gasteiger partial charge < -0.3 is 4.74 Å². The number of benzene rings is 1. The molecule has 17 heavy (non-hydrogen) atoms. The molecule has 0 heterocycles. The number of hydrogen-bond acceptors (Lipinski definition) is 3. The summed E-state index contributed by atoms with van der Waals surface area (Å²) in [4.78, 5) is 0. The summed E-state index contributed by atoms with van der Waals surface area (Å²) in [5.74, 6) is 0.920. The van der Waals surface area contributed by atoms with Crippen molar-refractivity contribution in [3.05, 3.63) is 29.8 Å². The minimum absolute atomic E-state index is 0.119. The van der Waals surface area contributed by atoms with E-state index in [9.17, 15) is 8.42 Å². The van der Waals surface area contributed by atoms with Gasteiger partial charge in [0.1, 0.15) is 12.4 Å². The van der Waals surface area contributed by atoms with E-state index in [2.05, 4.69) is 0 Å². The topological polar surface area (TPSA) is 46.6 Å². The largest absolute Gasteiger partial charge is 0.492 e. The van der Waals surface area contributed by atoms with Gasteiger partial charge in [0.15, 0.2) is 0 Å². The van der Waals surface area contributed by atoms with Crippen molar-refractivity contribution in [2.45, 2.75) is 13.8 Å². The Morgan fingerprint density at radius 1 is 1.29 bits per heavy atom. The van der Waals surface area contributed by atoms with Crippen LogP contribution in [0.2, 0.25) is 0 Å². The zero-order chi connectivity index (χ0) is 12.9.